The number of hydrogen-bond acceptors (Lipinski definition) is 5. The average Bonchev–Trinajstić information content (AvgIpc) is 3.24. The highest BCUT2D eigenvalue weighted by atomic mass is 28.3. The van der Waals surface area contributed by atoms with Gasteiger partial charge >= 0.3 is 5.97 Å². The van der Waals surface area contributed by atoms with Gasteiger partial charge in [-0.2, -0.15) is 0 Å². The van der Waals surface area contributed by atoms with E-state index in [1.165, 1.54) is 50.5 Å². The van der Waals surface area contributed by atoms with Crippen LogP contribution in [0.5, 0.6) is 0 Å². The second-order valence-corrected chi connectivity index (χ2v) is 15.9. The van der Waals surface area contributed by atoms with E-state index in [9.17, 15) is 4.79 Å². The van der Waals surface area contributed by atoms with Crippen LogP contribution in [0.25, 0.3) is 0 Å². The molecule has 0 aliphatic carbocycles. The Morgan fingerprint density at radius 1 is 1.06 bits per heavy atom. The van der Waals surface area contributed by atoms with Gasteiger partial charge in [-0.05, 0) is 31.5 Å². The lowest BCUT2D eigenvalue weighted by atomic mass is 10.1. The second-order valence-electron chi connectivity index (χ2n) is 10.9. The van der Waals surface area contributed by atoms with Crippen LogP contribution in [0.3, 0.4) is 0 Å². The summed E-state index contributed by atoms with van der Waals surface area (Å²) < 4.78 is 6.06. The first kappa shape index (κ1) is 28.1. The number of carbonyl (C=O) groups is 1. The predicted octanol–water partition coefficient (Wildman–Crippen LogP) is 5.01. The lowest BCUT2D eigenvalue weighted by Gasteiger charge is -2.39. The van der Waals surface area contributed by atoms with Crippen molar-refractivity contribution in [3.8, 4) is 0 Å². The molecule has 0 unspecified atom stereocenters. The number of rotatable bonds is 16. The summed E-state index contributed by atoms with van der Waals surface area (Å²) in [5.41, 5.74) is 4.77. The summed E-state index contributed by atoms with van der Waals surface area (Å²) in [7, 11) is 0.703. The maximum absolute atomic E-state index is 12.7. The summed E-state index contributed by atoms with van der Waals surface area (Å²) in [6.45, 7) is 13.3. The van der Waals surface area contributed by atoms with Gasteiger partial charge in [0.25, 0.3) is 0 Å². The van der Waals surface area contributed by atoms with Gasteiger partial charge in [0.2, 0.25) is 0 Å². The molecule has 7 heteroatoms. The quantitative estimate of drug-likeness (QED) is 0.205. The van der Waals surface area contributed by atoms with E-state index in [1.54, 1.807) is 0 Å². The molecule has 0 atom stereocenters. The lowest BCUT2D eigenvalue weighted by Crippen LogP contribution is -2.66. The number of piperazine rings is 1. The zero-order chi connectivity index (χ0) is 24.2. The van der Waals surface area contributed by atoms with Crippen molar-refractivity contribution in [2.75, 3.05) is 39.8 Å². The Balaban J connectivity index is 1.72. The molecule has 6 nitrogen and oxygen atoms in total. The smallest absolute Gasteiger partial charge is 0.369 e. The molecular formula is C26H50N3O3Si+. The fourth-order valence-corrected chi connectivity index (χ4v) is 5.33. The third-order valence-corrected chi connectivity index (χ3v) is 8.39. The number of likely N-dealkylation sites (N-methyl/N-ethyl adjacent to an activating group) is 1. The van der Waals surface area contributed by atoms with Crippen LogP contribution >= 0.6 is 0 Å². The zero-order valence-electron chi connectivity index (χ0n) is 22.1. The highest BCUT2D eigenvalue weighted by molar-refractivity contribution is 6.87. The maximum Gasteiger partial charge on any atom is 0.369 e. The number of nitrogens with one attached hydrogen (secondary N) is 1. The topological polar surface area (TPSA) is 54.7 Å². The molecule has 190 valence electrons. The Kier molecular flexibility index (Phi) is 12.2. The Morgan fingerprint density at radius 2 is 1.67 bits per heavy atom. The first-order chi connectivity index (χ1) is 15.7. The summed E-state index contributed by atoms with van der Waals surface area (Å²) in [4.78, 5) is 21.0. The van der Waals surface area contributed by atoms with Crippen LogP contribution in [0.4, 0.5) is 0 Å². The molecule has 0 saturated carbocycles. The molecule has 1 saturated heterocycles. The van der Waals surface area contributed by atoms with Gasteiger partial charge in [0.15, 0.2) is 13.1 Å². The van der Waals surface area contributed by atoms with Crippen molar-refractivity contribution >= 4 is 19.4 Å². The summed E-state index contributed by atoms with van der Waals surface area (Å²) in [6.07, 6.45) is 14.6. The highest BCUT2D eigenvalue weighted by Gasteiger charge is 2.37. The lowest BCUT2D eigenvalue weighted by molar-refractivity contribution is -1.13. The van der Waals surface area contributed by atoms with E-state index >= 15 is 0 Å². The molecule has 2 rings (SSSR count). The van der Waals surface area contributed by atoms with Gasteiger partial charge in [0.1, 0.15) is 8.07 Å². The minimum Gasteiger partial charge on any atom is -0.474 e. The predicted molar refractivity (Wildman–Crippen MR) is 139 cm³/mol. The summed E-state index contributed by atoms with van der Waals surface area (Å²) in [5, 5.41) is 1.15. The second kappa shape index (κ2) is 14.3. The molecule has 1 aliphatic rings. The van der Waals surface area contributed by atoms with E-state index in [-0.39, 0.29) is 10.7 Å². The van der Waals surface area contributed by atoms with Gasteiger partial charge in [-0.3, -0.25) is 9.74 Å². The van der Waals surface area contributed by atoms with Gasteiger partial charge in [-0.15, -0.1) is 5.43 Å². The van der Waals surface area contributed by atoms with Crippen LogP contribution in [0, 0.1) is 0 Å². The van der Waals surface area contributed by atoms with Crippen LogP contribution < -0.4 is 10.8 Å². The highest BCUT2D eigenvalue weighted by Crippen LogP contribution is 2.15. The zero-order valence-corrected chi connectivity index (χ0v) is 23.1. The van der Waals surface area contributed by atoms with E-state index in [1.807, 2.05) is 6.26 Å². The van der Waals surface area contributed by atoms with Crippen molar-refractivity contribution in [1.82, 2.24) is 10.3 Å². The molecule has 1 aromatic heterocycles. The third kappa shape index (κ3) is 10.8. The Hall–Kier alpha value is -1.15. The number of unbranched alkanes of at least 4 members (excludes halogenated alkanes) is 8. The van der Waals surface area contributed by atoms with E-state index in [0.29, 0.717) is 6.42 Å². The van der Waals surface area contributed by atoms with Gasteiger partial charge < -0.3 is 4.42 Å². The molecule has 0 amide bonds. The van der Waals surface area contributed by atoms with E-state index in [0.717, 1.165) is 57.4 Å². The summed E-state index contributed by atoms with van der Waals surface area (Å²) in [5.74, 6) is -0.0701. The minimum atomic E-state index is -1.42. The van der Waals surface area contributed by atoms with E-state index in [4.69, 9.17) is 9.25 Å². The maximum atomic E-state index is 12.7. The molecule has 0 radical (unpaired) electrons. The summed E-state index contributed by atoms with van der Waals surface area (Å²) >= 11 is 0. The minimum absolute atomic E-state index is 0.0701. The van der Waals surface area contributed by atoms with Crippen molar-refractivity contribution in [2.45, 2.75) is 97.2 Å². The van der Waals surface area contributed by atoms with Gasteiger partial charge in [0.05, 0.1) is 37.7 Å². The molecule has 0 aromatic carbocycles. The van der Waals surface area contributed by atoms with Crippen LogP contribution in [0.1, 0.15) is 76.7 Å². The number of hydroxylamine groups is 2. The number of quaternary nitrogens is 1. The van der Waals surface area contributed by atoms with E-state index < -0.39 is 8.07 Å². The molecule has 1 aromatic rings. The Labute approximate surface area is 203 Å². The fourth-order valence-electron chi connectivity index (χ4n) is 4.29. The van der Waals surface area contributed by atoms with Gasteiger partial charge in [-0.1, -0.05) is 82.7 Å². The number of furan rings is 1. The standard InChI is InChI=1S/C26H50N3O3Si/c1-6-7-8-9-10-11-12-13-14-15-25(30)32-29(20-18-28(2)19-21-29)27-17-16-24-22-26(31-23-24)33(3,4)5/h22-23,27H,6-21H2,1-5H3/q+1. The van der Waals surface area contributed by atoms with Crippen molar-refractivity contribution in [1.29, 1.82) is 0 Å². The molecule has 0 bridgehead atoms. The molecule has 1 N–H and O–H groups in total. The first-order valence-corrected chi connectivity index (χ1v) is 16.9. The van der Waals surface area contributed by atoms with Crippen LogP contribution in [0.2, 0.25) is 19.6 Å². The number of hydrogen-bond donors (Lipinski definition) is 1. The monoisotopic (exact) mass is 480 g/mol. The van der Waals surface area contributed by atoms with E-state index in [2.05, 4.69) is 50.0 Å². The Bertz CT molecular complexity index is 679. The van der Waals surface area contributed by atoms with Gasteiger partial charge in [0, 0.05) is 0 Å². The number of carbonyl (C=O) groups excluding carboxylic acids is 1. The largest absolute Gasteiger partial charge is 0.474 e. The molecule has 33 heavy (non-hydrogen) atoms. The van der Waals surface area contributed by atoms with Gasteiger partial charge in [-0.25, -0.2) is 4.79 Å². The van der Waals surface area contributed by atoms with Crippen molar-refractivity contribution < 1.29 is 18.8 Å². The molecule has 0 spiro atoms. The van der Waals surface area contributed by atoms with Crippen molar-refractivity contribution in [3.05, 3.63) is 17.9 Å². The molecule has 1 aliphatic heterocycles. The van der Waals surface area contributed by atoms with Crippen molar-refractivity contribution in [2.24, 2.45) is 0 Å². The van der Waals surface area contributed by atoms with Crippen LogP contribution in [-0.2, 0) is 16.1 Å². The fraction of sp³-hybridized carbons (Fsp3) is 0.808. The SMILES string of the molecule is CCCCCCCCCCCC(=O)O[N+]1(NCCc2coc([Si](C)(C)C)c2)CCN(C)CC1. The van der Waals surface area contributed by atoms with Crippen LogP contribution in [0.15, 0.2) is 16.7 Å². The molecular weight excluding hydrogens is 430 g/mol. The normalized spacial score (nSPS) is 16.8. The van der Waals surface area contributed by atoms with Crippen LogP contribution in [-0.4, -0.2) is 63.5 Å². The third-order valence-electron chi connectivity index (χ3n) is 6.65. The average molecular weight is 481 g/mol. The summed E-state index contributed by atoms with van der Waals surface area (Å²) in [6, 6.07) is 2.21. The first-order valence-electron chi connectivity index (χ1n) is 13.4. The Morgan fingerprint density at radius 3 is 2.24 bits per heavy atom. The molecule has 1 fully saturated rings. The van der Waals surface area contributed by atoms with Crippen molar-refractivity contribution in [3.63, 3.8) is 0 Å². The molecule has 2 heterocycles. The number of nitrogens with zero attached hydrogens (tertiary/aromatic N) is 2.